The summed E-state index contributed by atoms with van der Waals surface area (Å²) in [7, 11) is 1.78. The summed E-state index contributed by atoms with van der Waals surface area (Å²) < 4.78 is 1.05. The molecule has 0 aromatic heterocycles. The largest absolute Gasteiger partial charge is 3.00 e. The average Bonchev–Trinajstić information content (AvgIpc) is 3.04. The monoisotopic (exact) mass is 632 g/mol. The normalized spacial score (nSPS) is 21.8. The van der Waals surface area contributed by atoms with Gasteiger partial charge in [-0.05, 0) is 64.9 Å². The second-order valence-electron chi connectivity index (χ2n) is 8.48. The summed E-state index contributed by atoms with van der Waals surface area (Å²) in [6, 6.07) is 8.98. The molecule has 32 heavy (non-hydrogen) atoms. The second kappa shape index (κ2) is 15.0. The zero-order valence-corrected chi connectivity index (χ0v) is 26.2. The topological polar surface area (TPSA) is 12.4 Å². The van der Waals surface area contributed by atoms with Crippen molar-refractivity contribution in [2.24, 2.45) is 4.99 Å². The molecule has 2 aliphatic carbocycles. The Hall–Kier alpha value is 0.708. The predicted molar refractivity (Wildman–Crippen MR) is 140 cm³/mol. The van der Waals surface area contributed by atoms with Crippen LogP contribution in [0.25, 0.3) is 0 Å². The molecule has 2 aliphatic rings. The Morgan fingerprint density at radius 3 is 1.09 bits per heavy atom. The van der Waals surface area contributed by atoms with Gasteiger partial charge in [-0.3, -0.25) is 0 Å². The van der Waals surface area contributed by atoms with E-state index in [-0.39, 0.29) is 40.4 Å². The second-order valence-corrected chi connectivity index (χ2v) is 9.40. The molecule has 0 atom stereocenters. The first-order chi connectivity index (χ1) is 14.3. The smallest absolute Gasteiger partial charge is 0.341 e. The number of halogens is 1. The standard InChI is InChI=1S/2C10H15.C9H9BrN.Sm/c2*1-6-7(2)9(4)10(5)8(6)3;1-7(11-2)8-3-5-9(10)6-4-8;/h2*1-5H3;3,5-6H,1-2H3;/q;;-1;+3. The Morgan fingerprint density at radius 2 is 0.906 bits per heavy atom. The first kappa shape index (κ1) is 32.7. The van der Waals surface area contributed by atoms with Gasteiger partial charge in [0.2, 0.25) is 0 Å². The Morgan fingerprint density at radius 1 is 0.625 bits per heavy atom. The molecule has 11 radical (unpaired) electrons. The van der Waals surface area contributed by atoms with Gasteiger partial charge in [0.15, 0.2) is 0 Å². The molecule has 0 bridgehead atoms. The molecule has 0 unspecified atom stereocenters. The van der Waals surface area contributed by atoms with E-state index in [1.807, 2.05) is 25.1 Å². The molecule has 1 aromatic rings. The van der Waals surface area contributed by atoms with Gasteiger partial charge < -0.3 is 4.99 Å². The molecule has 3 rings (SSSR count). The van der Waals surface area contributed by atoms with Crippen LogP contribution in [0.5, 0.6) is 0 Å². The number of hydrogen-bond donors (Lipinski definition) is 0. The Bertz CT molecular complexity index is 565. The predicted octanol–water partition coefficient (Wildman–Crippen LogP) is 8.63. The maximum Gasteiger partial charge on any atom is 3.00 e. The molecule has 0 N–H and O–H groups in total. The third-order valence-corrected chi connectivity index (χ3v) is 7.62. The molecular weight excluding hydrogens is 593 g/mol. The van der Waals surface area contributed by atoms with Crippen molar-refractivity contribution >= 4 is 21.6 Å². The summed E-state index contributed by atoms with van der Waals surface area (Å²) in [5, 5.41) is 0. The van der Waals surface area contributed by atoms with Crippen LogP contribution in [0.2, 0.25) is 0 Å². The van der Waals surface area contributed by atoms with Crippen molar-refractivity contribution in [2.45, 2.75) is 76.2 Å². The summed E-state index contributed by atoms with van der Waals surface area (Å²) in [5.41, 5.74) is 2.06. The van der Waals surface area contributed by atoms with Gasteiger partial charge in [0.25, 0.3) is 0 Å². The molecule has 0 aliphatic heterocycles. The van der Waals surface area contributed by atoms with Crippen LogP contribution in [0, 0.1) is 106 Å². The maximum atomic E-state index is 4.06. The fraction of sp³-hybridized carbons (Fsp3) is 0.414. The molecule has 2 fully saturated rings. The van der Waals surface area contributed by atoms with Crippen molar-refractivity contribution in [3.8, 4) is 0 Å². The number of benzene rings is 1. The van der Waals surface area contributed by atoms with E-state index in [4.69, 9.17) is 0 Å². The van der Waals surface area contributed by atoms with Crippen molar-refractivity contribution < 1.29 is 40.4 Å². The van der Waals surface area contributed by atoms with Crippen LogP contribution >= 0.6 is 15.9 Å². The Kier molecular flexibility index (Phi) is 15.3. The first-order valence-electron chi connectivity index (χ1n) is 10.8. The van der Waals surface area contributed by atoms with Gasteiger partial charge in [0.1, 0.15) is 0 Å². The van der Waals surface area contributed by atoms with Crippen LogP contribution in [0.3, 0.4) is 0 Å². The van der Waals surface area contributed by atoms with Crippen LogP contribution in [0.4, 0.5) is 0 Å². The number of aliphatic imine (C=N–C) groups is 1. The summed E-state index contributed by atoms with van der Waals surface area (Å²) in [6.45, 7) is 24.0. The van der Waals surface area contributed by atoms with E-state index < -0.39 is 0 Å². The van der Waals surface area contributed by atoms with Crippen molar-refractivity contribution in [2.75, 3.05) is 7.05 Å². The van der Waals surface area contributed by atoms with Gasteiger partial charge in [-0.1, -0.05) is 80.6 Å². The molecule has 1 aromatic carbocycles. The third-order valence-electron chi connectivity index (χ3n) is 7.12. The molecule has 0 saturated heterocycles. The van der Waals surface area contributed by atoms with E-state index >= 15 is 0 Å². The van der Waals surface area contributed by atoms with E-state index in [9.17, 15) is 0 Å². The van der Waals surface area contributed by atoms with Crippen LogP contribution in [0.1, 0.15) is 81.7 Å². The van der Waals surface area contributed by atoms with E-state index in [1.54, 1.807) is 7.05 Å². The number of rotatable bonds is 1. The van der Waals surface area contributed by atoms with Crippen molar-refractivity contribution in [1.82, 2.24) is 0 Å². The minimum atomic E-state index is 0. The van der Waals surface area contributed by atoms with Gasteiger partial charge in [0.05, 0.1) is 0 Å². The van der Waals surface area contributed by atoms with E-state index in [1.165, 1.54) is 59.2 Å². The van der Waals surface area contributed by atoms with Gasteiger partial charge >= 0.3 is 40.4 Å². The molecule has 171 valence electrons. The van der Waals surface area contributed by atoms with Crippen LogP contribution in [-0.2, 0) is 0 Å². The molecule has 0 heterocycles. The fourth-order valence-electron chi connectivity index (χ4n) is 3.56. The molecule has 2 saturated carbocycles. The van der Waals surface area contributed by atoms with E-state index in [2.05, 4.69) is 96.2 Å². The van der Waals surface area contributed by atoms with Crippen LogP contribution < -0.4 is 0 Å². The molecule has 1 nitrogen and oxygen atoms in total. The Labute approximate surface area is 241 Å². The molecule has 3 heteroatoms. The zero-order chi connectivity index (χ0) is 24.0. The van der Waals surface area contributed by atoms with Gasteiger partial charge in [-0.15, -0.1) is 45.8 Å². The number of hydrogen-bond acceptors (Lipinski definition) is 1. The van der Waals surface area contributed by atoms with Crippen LogP contribution in [0.15, 0.2) is 27.7 Å². The van der Waals surface area contributed by atoms with Crippen molar-refractivity contribution in [1.29, 1.82) is 0 Å². The van der Waals surface area contributed by atoms with Crippen molar-refractivity contribution in [3.63, 3.8) is 0 Å². The third kappa shape index (κ3) is 8.43. The Balaban J connectivity index is 0.000000444. The minimum absolute atomic E-state index is 0. The molecule has 0 spiro atoms. The zero-order valence-electron chi connectivity index (χ0n) is 22.0. The summed E-state index contributed by atoms with van der Waals surface area (Å²) >= 11 is 3.35. The van der Waals surface area contributed by atoms with Crippen LogP contribution in [-0.4, -0.2) is 12.8 Å². The maximum absolute atomic E-state index is 4.06. The molecular formula is C29H39BrNSm+2. The minimum Gasteiger partial charge on any atom is -0.341 e. The van der Waals surface area contributed by atoms with Gasteiger partial charge in [-0.2, -0.15) is 0 Å². The molecule has 0 amide bonds. The number of nitrogens with zero attached hydrogens (tertiary/aromatic N) is 1. The summed E-state index contributed by atoms with van der Waals surface area (Å²) in [5.74, 6) is 14.7. The first-order valence-corrected chi connectivity index (χ1v) is 11.6. The average molecular weight is 632 g/mol. The fourth-order valence-corrected chi connectivity index (χ4v) is 3.81. The summed E-state index contributed by atoms with van der Waals surface area (Å²) in [6.07, 6.45) is 0. The van der Waals surface area contributed by atoms with E-state index in [0.29, 0.717) is 0 Å². The van der Waals surface area contributed by atoms with Gasteiger partial charge in [0, 0.05) is 7.05 Å². The quantitative estimate of drug-likeness (QED) is 0.217. The van der Waals surface area contributed by atoms with Crippen molar-refractivity contribution in [3.05, 3.63) is 93.5 Å². The van der Waals surface area contributed by atoms with Gasteiger partial charge in [-0.25, -0.2) is 0 Å². The SMILES string of the molecule is CN=C(C)c1[c-]cc(Br)cc1.C[C]1[C](C)[C](C)[C](C)[C]1C.C[C]1[C](C)[C](C)[C](C)[C]1C.[Sm+3]. The summed E-state index contributed by atoms with van der Waals surface area (Å²) in [4.78, 5) is 4.06. The van der Waals surface area contributed by atoms with E-state index in [0.717, 1.165) is 15.7 Å².